The normalized spacial score (nSPS) is 19.6. The molecule has 1 aliphatic rings. The van der Waals surface area contributed by atoms with Crippen LogP contribution < -0.4 is 5.32 Å². The molecule has 1 aromatic carbocycles. The van der Waals surface area contributed by atoms with Gasteiger partial charge in [-0.3, -0.25) is 9.69 Å². The average molecular weight is 281 g/mol. The lowest BCUT2D eigenvalue weighted by molar-refractivity contribution is 0.0941. The van der Waals surface area contributed by atoms with Crippen molar-refractivity contribution in [1.82, 2.24) is 10.2 Å². The molecular weight excluding hydrogens is 260 g/mol. The van der Waals surface area contributed by atoms with Crippen LogP contribution in [0.1, 0.15) is 35.7 Å². The molecule has 1 N–H and O–H groups in total. The Morgan fingerprint density at radius 2 is 2.16 bits per heavy atom. The number of likely N-dealkylation sites (tertiary alicyclic amines) is 1. The molecule has 0 spiro atoms. The van der Waals surface area contributed by atoms with Gasteiger partial charge in [-0.25, -0.2) is 0 Å². The Morgan fingerprint density at radius 3 is 2.79 bits per heavy atom. The van der Waals surface area contributed by atoms with E-state index in [0.29, 0.717) is 17.5 Å². The molecule has 0 saturated carbocycles. The minimum atomic E-state index is 0.00377. The number of halogens is 1. The van der Waals surface area contributed by atoms with Crippen LogP contribution in [0.25, 0.3) is 0 Å². The van der Waals surface area contributed by atoms with Gasteiger partial charge in [0, 0.05) is 24.0 Å². The van der Waals surface area contributed by atoms with Crippen LogP contribution in [0.5, 0.6) is 0 Å². The second-order valence-electron chi connectivity index (χ2n) is 4.97. The molecule has 1 fully saturated rings. The number of rotatable bonds is 5. The number of carbonyl (C=O) groups excluding carboxylic acids is 1. The fraction of sp³-hybridized carbons (Fsp3) is 0.533. The van der Waals surface area contributed by atoms with Gasteiger partial charge in [-0.15, -0.1) is 11.6 Å². The van der Waals surface area contributed by atoms with Crippen molar-refractivity contribution >= 4 is 17.5 Å². The van der Waals surface area contributed by atoms with Gasteiger partial charge in [0.05, 0.1) is 0 Å². The second-order valence-corrected chi connectivity index (χ2v) is 5.23. The minimum Gasteiger partial charge on any atom is -0.350 e. The van der Waals surface area contributed by atoms with E-state index in [4.69, 9.17) is 11.6 Å². The number of alkyl halides is 1. The Hall–Kier alpha value is -1.06. The number of hydrogen-bond acceptors (Lipinski definition) is 2. The van der Waals surface area contributed by atoms with Gasteiger partial charge in [0.1, 0.15) is 0 Å². The predicted molar refractivity (Wildman–Crippen MR) is 78.6 cm³/mol. The van der Waals surface area contributed by atoms with Crippen LogP contribution >= 0.6 is 11.6 Å². The lowest BCUT2D eigenvalue weighted by Gasteiger charge is -2.22. The van der Waals surface area contributed by atoms with Crippen LogP contribution in [0, 0.1) is 0 Å². The summed E-state index contributed by atoms with van der Waals surface area (Å²) in [6.07, 6.45) is 2.41. The molecule has 1 atom stereocenters. The maximum absolute atomic E-state index is 12.0. The van der Waals surface area contributed by atoms with Gasteiger partial charge in [-0.05, 0) is 43.6 Å². The zero-order valence-corrected chi connectivity index (χ0v) is 12.1. The Labute approximate surface area is 119 Å². The number of carbonyl (C=O) groups is 1. The number of nitrogens with zero attached hydrogens (tertiary/aromatic N) is 1. The third-order valence-electron chi connectivity index (χ3n) is 3.77. The van der Waals surface area contributed by atoms with Gasteiger partial charge in [0.2, 0.25) is 0 Å². The van der Waals surface area contributed by atoms with Crippen LogP contribution in [0.15, 0.2) is 24.3 Å². The van der Waals surface area contributed by atoms with E-state index in [1.165, 1.54) is 12.8 Å². The fourth-order valence-electron chi connectivity index (χ4n) is 2.60. The first-order valence-corrected chi connectivity index (χ1v) is 7.45. The molecule has 1 unspecified atom stereocenters. The third kappa shape index (κ3) is 3.71. The summed E-state index contributed by atoms with van der Waals surface area (Å²) in [6.45, 7) is 5.13. The van der Waals surface area contributed by atoms with E-state index >= 15 is 0 Å². The topological polar surface area (TPSA) is 32.3 Å². The van der Waals surface area contributed by atoms with E-state index < -0.39 is 0 Å². The summed E-state index contributed by atoms with van der Waals surface area (Å²) in [4.78, 5) is 14.5. The SMILES string of the molecule is CCN1CCCC1CNC(=O)c1ccc(CCl)cc1. The van der Waals surface area contributed by atoms with Crippen LogP contribution in [0.3, 0.4) is 0 Å². The summed E-state index contributed by atoms with van der Waals surface area (Å²) in [5.74, 6) is 0.485. The van der Waals surface area contributed by atoms with Gasteiger partial charge in [0.15, 0.2) is 0 Å². The molecule has 0 aliphatic carbocycles. The van der Waals surface area contributed by atoms with Crippen molar-refractivity contribution in [3.63, 3.8) is 0 Å². The Kier molecular flexibility index (Phi) is 5.23. The zero-order chi connectivity index (χ0) is 13.7. The van der Waals surface area contributed by atoms with E-state index in [0.717, 1.165) is 25.2 Å². The molecule has 1 saturated heterocycles. The van der Waals surface area contributed by atoms with Crippen molar-refractivity contribution in [1.29, 1.82) is 0 Å². The summed E-state index contributed by atoms with van der Waals surface area (Å²) in [5, 5.41) is 3.03. The van der Waals surface area contributed by atoms with Crippen molar-refractivity contribution in [3.05, 3.63) is 35.4 Å². The second kappa shape index (κ2) is 6.92. The molecule has 19 heavy (non-hydrogen) atoms. The van der Waals surface area contributed by atoms with Crippen LogP contribution in [0.4, 0.5) is 0 Å². The largest absolute Gasteiger partial charge is 0.350 e. The van der Waals surface area contributed by atoms with E-state index in [9.17, 15) is 4.79 Å². The van der Waals surface area contributed by atoms with Gasteiger partial charge >= 0.3 is 0 Å². The van der Waals surface area contributed by atoms with Gasteiger partial charge < -0.3 is 5.32 Å². The summed E-state index contributed by atoms with van der Waals surface area (Å²) >= 11 is 5.73. The van der Waals surface area contributed by atoms with Crippen LogP contribution in [-0.2, 0) is 5.88 Å². The molecule has 0 aromatic heterocycles. The molecule has 4 heteroatoms. The number of amides is 1. The van der Waals surface area contributed by atoms with Gasteiger partial charge in [-0.1, -0.05) is 19.1 Å². The molecule has 2 rings (SSSR count). The molecule has 1 aromatic rings. The Morgan fingerprint density at radius 1 is 1.42 bits per heavy atom. The van der Waals surface area contributed by atoms with Crippen molar-refractivity contribution in [2.75, 3.05) is 19.6 Å². The third-order valence-corrected chi connectivity index (χ3v) is 4.08. The van der Waals surface area contributed by atoms with E-state index in [2.05, 4.69) is 17.1 Å². The summed E-state index contributed by atoms with van der Waals surface area (Å²) in [7, 11) is 0. The number of hydrogen-bond donors (Lipinski definition) is 1. The van der Waals surface area contributed by atoms with Crippen molar-refractivity contribution < 1.29 is 4.79 Å². The van der Waals surface area contributed by atoms with Crippen molar-refractivity contribution in [2.45, 2.75) is 31.7 Å². The zero-order valence-electron chi connectivity index (χ0n) is 11.4. The smallest absolute Gasteiger partial charge is 0.251 e. The van der Waals surface area contributed by atoms with Gasteiger partial charge in [-0.2, -0.15) is 0 Å². The Bertz CT molecular complexity index is 419. The molecule has 3 nitrogen and oxygen atoms in total. The highest BCUT2D eigenvalue weighted by atomic mass is 35.5. The summed E-state index contributed by atoms with van der Waals surface area (Å²) in [6, 6.07) is 7.96. The quantitative estimate of drug-likeness (QED) is 0.841. The molecule has 1 aliphatic heterocycles. The first-order chi connectivity index (χ1) is 9.24. The van der Waals surface area contributed by atoms with Crippen molar-refractivity contribution in [3.8, 4) is 0 Å². The van der Waals surface area contributed by atoms with Crippen LogP contribution in [-0.4, -0.2) is 36.5 Å². The monoisotopic (exact) mass is 280 g/mol. The number of likely N-dealkylation sites (N-methyl/N-ethyl adjacent to an activating group) is 1. The first-order valence-electron chi connectivity index (χ1n) is 6.91. The highest BCUT2D eigenvalue weighted by molar-refractivity contribution is 6.17. The van der Waals surface area contributed by atoms with E-state index in [1.807, 2.05) is 24.3 Å². The Balaban J connectivity index is 1.86. The first kappa shape index (κ1) is 14.4. The van der Waals surface area contributed by atoms with E-state index in [1.54, 1.807) is 0 Å². The molecule has 1 heterocycles. The van der Waals surface area contributed by atoms with Gasteiger partial charge in [0.25, 0.3) is 5.91 Å². The molecule has 0 radical (unpaired) electrons. The van der Waals surface area contributed by atoms with E-state index in [-0.39, 0.29) is 5.91 Å². The molecule has 1 amide bonds. The minimum absolute atomic E-state index is 0.00377. The highest BCUT2D eigenvalue weighted by Crippen LogP contribution is 2.15. The lowest BCUT2D eigenvalue weighted by atomic mass is 10.1. The maximum atomic E-state index is 12.0. The summed E-state index contributed by atoms with van der Waals surface area (Å²) < 4.78 is 0. The maximum Gasteiger partial charge on any atom is 0.251 e. The standard InChI is InChI=1S/C15H21ClN2O/c1-2-18-9-3-4-14(18)11-17-15(19)13-7-5-12(10-16)6-8-13/h5-8,14H,2-4,9-11H2,1H3,(H,17,19). The molecular formula is C15H21ClN2O. The number of nitrogens with one attached hydrogen (secondary N) is 1. The molecule has 0 bridgehead atoms. The average Bonchev–Trinajstić information content (AvgIpc) is 2.92. The predicted octanol–water partition coefficient (Wildman–Crippen LogP) is 2.64. The lowest BCUT2D eigenvalue weighted by Crippen LogP contribution is -2.40. The molecule has 104 valence electrons. The highest BCUT2D eigenvalue weighted by Gasteiger charge is 2.23. The van der Waals surface area contributed by atoms with Crippen molar-refractivity contribution in [2.24, 2.45) is 0 Å². The van der Waals surface area contributed by atoms with Crippen LogP contribution in [0.2, 0.25) is 0 Å². The fourth-order valence-corrected chi connectivity index (χ4v) is 2.78. The number of benzene rings is 1. The summed E-state index contributed by atoms with van der Waals surface area (Å²) in [5.41, 5.74) is 1.74.